The predicted molar refractivity (Wildman–Crippen MR) is 79.3 cm³/mol. The molecule has 1 aromatic carbocycles. The molecule has 1 aromatic rings. The fourth-order valence-electron chi connectivity index (χ4n) is 2.85. The minimum Gasteiger partial charge on any atom is -0.326 e. The van der Waals surface area contributed by atoms with Crippen LogP contribution in [0.3, 0.4) is 0 Å². The van der Waals surface area contributed by atoms with Crippen LogP contribution in [0.15, 0.2) is 24.3 Å². The molecule has 1 heterocycles. The maximum atomic E-state index is 12.1. The molecule has 2 rings (SSSR count). The van der Waals surface area contributed by atoms with Crippen molar-refractivity contribution in [3.8, 4) is 0 Å². The summed E-state index contributed by atoms with van der Waals surface area (Å²) in [7, 11) is 2.14. The van der Waals surface area contributed by atoms with Crippen LogP contribution in [0.5, 0.6) is 0 Å². The highest BCUT2D eigenvalue weighted by Gasteiger charge is 2.20. The van der Waals surface area contributed by atoms with Crippen LogP contribution in [0.4, 0.5) is 5.69 Å². The first-order valence-electron chi connectivity index (χ1n) is 7.25. The molecule has 3 nitrogen and oxygen atoms in total. The number of carbonyl (C=O) groups is 1. The summed E-state index contributed by atoms with van der Waals surface area (Å²) in [6.07, 6.45) is 3.97. The monoisotopic (exact) mass is 260 g/mol. The number of likely N-dealkylation sites (tertiary alicyclic amines) is 1. The molecular formula is C16H24N2O. The summed E-state index contributed by atoms with van der Waals surface area (Å²) in [5, 5.41) is 3.07. The Morgan fingerprint density at radius 1 is 1.42 bits per heavy atom. The largest absolute Gasteiger partial charge is 0.326 e. The summed E-state index contributed by atoms with van der Waals surface area (Å²) >= 11 is 0. The summed E-state index contributed by atoms with van der Waals surface area (Å²) in [5.74, 6) is 0.661. The van der Waals surface area contributed by atoms with Gasteiger partial charge in [-0.25, -0.2) is 0 Å². The first-order valence-corrected chi connectivity index (χ1v) is 7.25. The van der Waals surface area contributed by atoms with Crippen molar-refractivity contribution in [3.05, 3.63) is 29.8 Å². The van der Waals surface area contributed by atoms with Gasteiger partial charge in [-0.15, -0.1) is 0 Å². The molecule has 1 N–H and O–H groups in total. The zero-order chi connectivity index (χ0) is 13.7. The molecule has 0 radical (unpaired) electrons. The molecule has 1 atom stereocenters. The van der Waals surface area contributed by atoms with Crippen LogP contribution in [0.1, 0.15) is 31.7 Å². The van der Waals surface area contributed by atoms with E-state index < -0.39 is 0 Å². The number of para-hydroxylation sites is 1. The second-order valence-electron chi connectivity index (χ2n) is 5.53. The van der Waals surface area contributed by atoms with Crippen molar-refractivity contribution in [1.82, 2.24) is 4.90 Å². The lowest BCUT2D eigenvalue weighted by Gasteiger charge is -2.29. The molecule has 1 amide bonds. The maximum absolute atomic E-state index is 12.1. The maximum Gasteiger partial charge on any atom is 0.224 e. The van der Waals surface area contributed by atoms with Gasteiger partial charge in [-0.05, 0) is 50.4 Å². The van der Waals surface area contributed by atoms with Crippen molar-refractivity contribution in [2.75, 3.05) is 25.5 Å². The molecule has 3 heteroatoms. The lowest BCUT2D eigenvalue weighted by molar-refractivity contribution is -0.117. The third-order valence-electron chi connectivity index (χ3n) is 3.87. The number of piperidine rings is 1. The van der Waals surface area contributed by atoms with Crippen molar-refractivity contribution < 1.29 is 4.79 Å². The van der Waals surface area contributed by atoms with Gasteiger partial charge in [-0.1, -0.05) is 25.1 Å². The van der Waals surface area contributed by atoms with E-state index in [2.05, 4.69) is 30.3 Å². The summed E-state index contributed by atoms with van der Waals surface area (Å²) in [6, 6.07) is 8.06. The summed E-state index contributed by atoms with van der Waals surface area (Å²) in [5.41, 5.74) is 2.18. The van der Waals surface area contributed by atoms with E-state index in [4.69, 9.17) is 0 Å². The Hall–Kier alpha value is -1.35. The fourth-order valence-corrected chi connectivity index (χ4v) is 2.85. The SMILES string of the molecule is CCc1ccccc1NC(=O)CC1CCCN(C)C1. The Morgan fingerprint density at radius 2 is 2.21 bits per heavy atom. The lowest BCUT2D eigenvalue weighted by Crippen LogP contribution is -2.34. The zero-order valence-electron chi connectivity index (χ0n) is 12.0. The number of carbonyl (C=O) groups excluding carboxylic acids is 1. The number of hydrogen-bond acceptors (Lipinski definition) is 2. The Labute approximate surface area is 116 Å². The van der Waals surface area contributed by atoms with E-state index in [1.807, 2.05) is 18.2 Å². The van der Waals surface area contributed by atoms with Gasteiger partial charge in [0, 0.05) is 18.7 Å². The number of rotatable bonds is 4. The molecule has 0 saturated carbocycles. The van der Waals surface area contributed by atoms with Crippen molar-refractivity contribution in [3.63, 3.8) is 0 Å². The third kappa shape index (κ3) is 4.06. The summed E-state index contributed by atoms with van der Waals surface area (Å²) in [4.78, 5) is 14.4. The number of nitrogens with zero attached hydrogens (tertiary/aromatic N) is 1. The van der Waals surface area contributed by atoms with E-state index in [9.17, 15) is 4.79 Å². The number of anilines is 1. The molecular weight excluding hydrogens is 236 g/mol. The number of hydrogen-bond donors (Lipinski definition) is 1. The Kier molecular flexibility index (Phi) is 4.97. The Bertz CT molecular complexity index is 431. The van der Waals surface area contributed by atoms with E-state index in [0.717, 1.165) is 25.2 Å². The van der Waals surface area contributed by atoms with Crippen LogP contribution in [0.2, 0.25) is 0 Å². The average molecular weight is 260 g/mol. The Balaban J connectivity index is 1.90. The van der Waals surface area contributed by atoms with Crippen LogP contribution in [-0.4, -0.2) is 30.9 Å². The molecule has 1 unspecified atom stereocenters. The van der Waals surface area contributed by atoms with Crippen LogP contribution in [-0.2, 0) is 11.2 Å². The number of aryl methyl sites for hydroxylation is 1. The summed E-state index contributed by atoms with van der Waals surface area (Å²) in [6.45, 7) is 4.32. The highest BCUT2D eigenvalue weighted by molar-refractivity contribution is 5.91. The first kappa shape index (κ1) is 14.1. The normalized spacial score (nSPS) is 20.2. The van der Waals surface area contributed by atoms with E-state index >= 15 is 0 Å². The number of nitrogens with one attached hydrogen (secondary N) is 1. The van der Waals surface area contributed by atoms with Gasteiger partial charge >= 0.3 is 0 Å². The minimum absolute atomic E-state index is 0.154. The molecule has 0 bridgehead atoms. The minimum atomic E-state index is 0.154. The van der Waals surface area contributed by atoms with Crippen molar-refractivity contribution in [1.29, 1.82) is 0 Å². The number of amides is 1. The quantitative estimate of drug-likeness (QED) is 0.902. The van der Waals surface area contributed by atoms with Crippen LogP contribution < -0.4 is 5.32 Å². The molecule has 1 fully saturated rings. The molecule has 0 aliphatic carbocycles. The fraction of sp³-hybridized carbons (Fsp3) is 0.562. The second-order valence-corrected chi connectivity index (χ2v) is 5.53. The van der Waals surface area contributed by atoms with Crippen LogP contribution in [0.25, 0.3) is 0 Å². The van der Waals surface area contributed by atoms with E-state index in [-0.39, 0.29) is 5.91 Å². The van der Waals surface area contributed by atoms with Crippen LogP contribution >= 0.6 is 0 Å². The molecule has 1 aliphatic rings. The average Bonchev–Trinajstić information content (AvgIpc) is 2.39. The molecule has 0 spiro atoms. The predicted octanol–water partition coefficient (Wildman–Crippen LogP) is 2.92. The topological polar surface area (TPSA) is 32.3 Å². The van der Waals surface area contributed by atoms with Gasteiger partial charge in [-0.2, -0.15) is 0 Å². The zero-order valence-corrected chi connectivity index (χ0v) is 12.0. The molecule has 1 saturated heterocycles. The molecule has 0 aromatic heterocycles. The highest BCUT2D eigenvalue weighted by atomic mass is 16.1. The van der Waals surface area contributed by atoms with Crippen molar-refractivity contribution in [2.24, 2.45) is 5.92 Å². The lowest BCUT2D eigenvalue weighted by atomic mass is 9.95. The number of benzene rings is 1. The van der Waals surface area contributed by atoms with Gasteiger partial charge in [0.2, 0.25) is 5.91 Å². The highest BCUT2D eigenvalue weighted by Crippen LogP contribution is 2.20. The van der Waals surface area contributed by atoms with Crippen molar-refractivity contribution in [2.45, 2.75) is 32.6 Å². The van der Waals surface area contributed by atoms with Crippen molar-refractivity contribution >= 4 is 11.6 Å². The smallest absolute Gasteiger partial charge is 0.224 e. The molecule has 104 valence electrons. The first-order chi connectivity index (χ1) is 9.19. The van der Waals surface area contributed by atoms with Gasteiger partial charge in [0.15, 0.2) is 0 Å². The summed E-state index contributed by atoms with van der Waals surface area (Å²) < 4.78 is 0. The van der Waals surface area contributed by atoms with Gasteiger partial charge in [-0.3, -0.25) is 4.79 Å². The Morgan fingerprint density at radius 3 is 2.95 bits per heavy atom. The van der Waals surface area contributed by atoms with Gasteiger partial charge < -0.3 is 10.2 Å². The van der Waals surface area contributed by atoms with Gasteiger partial charge in [0.05, 0.1) is 0 Å². The van der Waals surface area contributed by atoms with Gasteiger partial charge in [0.1, 0.15) is 0 Å². The van der Waals surface area contributed by atoms with E-state index in [1.54, 1.807) is 0 Å². The second kappa shape index (κ2) is 6.71. The molecule has 1 aliphatic heterocycles. The van der Waals surface area contributed by atoms with E-state index in [1.165, 1.54) is 18.4 Å². The van der Waals surface area contributed by atoms with E-state index in [0.29, 0.717) is 12.3 Å². The standard InChI is InChI=1S/C16H24N2O/c1-3-14-8-4-5-9-15(14)17-16(19)11-13-7-6-10-18(2)12-13/h4-5,8-9,13H,3,6-7,10-12H2,1-2H3,(H,17,19). The van der Waals surface area contributed by atoms with Gasteiger partial charge in [0.25, 0.3) is 0 Å². The third-order valence-corrected chi connectivity index (χ3v) is 3.87. The van der Waals surface area contributed by atoms with Crippen LogP contribution in [0, 0.1) is 5.92 Å². The molecule has 19 heavy (non-hydrogen) atoms.